The molecule has 0 radical (unpaired) electrons. The van der Waals surface area contributed by atoms with E-state index in [0.29, 0.717) is 6.61 Å². The van der Waals surface area contributed by atoms with Crippen LogP contribution in [0.2, 0.25) is 0 Å². The Bertz CT molecular complexity index is 160. The Morgan fingerprint density at radius 2 is 1.81 bits per heavy atom. The molecular formula is C12H27N3O. The van der Waals surface area contributed by atoms with Gasteiger partial charge in [-0.3, -0.25) is 0 Å². The number of aliphatic hydroxyl groups excluding tert-OH is 1. The maximum Gasteiger partial charge on any atom is 0.0443 e. The third-order valence-electron chi connectivity index (χ3n) is 3.17. The Balaban J connectivity index is 1.90. The summed E-state index contributed by atoms with van der Waals surface area (Å²) in [5, 5.41) is 12.1. The molecule has 1 aliphatic rings. The van der Waals surface area contributed by atoms with Crippen molar-refractivity contribution in [3.05, 3.63) is 0 Å². The van der Waals surface area contributed by atoms with Crippen molar-refractivity contribution in [3.8, 4) is 0 Å². The van der Waals surface area contributed by atoms with Crippen LogP contribution >= 0.6 is 0 Å². The monoisotopic (exact) mass is 229 g/mol. The summed E-state index contributed by atoms with van der Waals surface area (Å²) in [6, 6.07) is 0. The summed E-state index contributed by atoms with van der Waals surface area (Å²) in [6.45, 7) is 8.45. The number of piperazine rings is 1. The lowest BCUT2D eigenvalue weighted by atomic mass is 10.2. The van der Waals surface area contributed by atoms with E-state index < -0.39 is 0 Å². The van der Waals surface area contributed by atoms with Crippen LogP contribution in [0.15, 0.2) is 0 Å². The Labute approximate surface area is 99.6 Å². The fourth-order valence-corrected chi connectivity index (χ4v) is 2.10. The minimum atomic E-state index is 0.311. The van der Waals surface area contributed by atoms with Crippen LogP contribution < -0.4 is 5.32 Å². The first-order chi connectivity index (χ1) is 7.83. The predicted octanol–water partition coefficient (Wildman–Crippen LogP) is -0.0140. The van der Waals surface area contributed by atoms with Crippen LogP contribution in [-0.2, 0) is 0 Å². The van der Waals surface area contributed by atoms with Gasteiger partial charge in [0.25, 0.3) is 0 Å². The summed E-state index contributed by atoms with van der Waals surface area (Å²) in [5.41, 5.74) is 0. The molecule has 2 N–H and O–H groups in total. The van der Waals surface area contributed by atoms with Gasteiger partial charge in [-0.25, -0.2) is 0 Å². The average molecular weight is 229 g/mol. The first-order valence-corrected chi connectivity index (χ1v) is 6.55. The van der Waals surface area contributed by atoms with E-state index in [2.05, 4.69) is 22.2 Å². The van der Waals surface area contributed by atoms with E-state index in [9.17, 15) is 0 Å². The second-order valence-electron chi connectivity index (χ2n) is 4.68. The molecule has 96 valence electrons. The third-order valence-corrected chi connectivity index (χ3v) is 3.17. The van der Waals surface area contributed by atoms with Crippen LogP contribution in [0.3, 0.4) is 0 Å². The van der Waals surface area contributed by atoms with Crippen molar-refractivity contribution in [1.29, 1.82) is 0 Å². The van der Waals surface area contributed by atoms with E-state index >= 15 is 0 Å². The van der Waals surface area contributed by atoms with E-state index in [1.54, 1.807) is 0 Å². The lowest BCUT2D eigenvalue weighted by Crippen LogP contribution is -2.43. The van der Waals surface area contributed by atoms with E-state index in [0.717, 1.165) is 32.6 Å². The molecule has 0 bridgehead atoms. The summed E-state index contributed by atoms with van der Waals surface area (Å²) < 4.78 is 0. The van der Waals surface area contributed by atoms with Gasteiger partial charge in [-0.2, -0.15) is 0 Å². The molecule has 16 heavy (non-hydrogen) atoms. The van der Waals surface area contributed by atoms with Crippen molar-refractivity contribution >= 4 is 0 Å². The summed E-state index contributed by atoms with van der Waals surface area (Å²) in [4.78, 5) is 4.86. The van der Waals surface area contributed by atoms with Gasteiger partial charge in [-0.05, 0) is 39.4 Å². The lowest BCUT2D eigenvalue weighted by molar-refractivity contribution is 0.223. The highest BCUT2D eigenvalue weighted by molar-refractivity contribution is 4.67. The number of hydrogen-bond donors (Lipinski definition) is 2. The zero-order valence-corrected chi connectivity index (χ0v) is 10.6. The lowest BCUT2D eigenvalue weighted by Gasteiger charge is -2.27. The van der Waals surface area contributed by atoms with Crippen molar-refractivity contribution in [2.24, 2.45) is 0 Å². The van der Waals surface area contributed by atoms with Crippen LogP contribution in [0.5, 0.6) is 0 Å². The van der Waals surface area contributed by atoms with Gasteiger partial charge in [-0.15, -0.1) is 0 Å². The van der Waals surface area contributed by atoms with Crippen LogP contribution in [0, 0.1) is 0 Å². The Morgan fingerprint density at radius 1 is 1.12 bits per heavy atom. The number of unbranched alkanes of at least 4 members (excludes halogenated alkanes) is 1. The number of aliphatic hydroxyl groups is 1. The molecule has 0 aromatic carbocycles. The Morgan fingerprint density at radius 3 is 2.50 bits per heavy atom. The SMILES string of the molecule is CN(CCCO)CCCCN1CCNCC1. The summed E-state index contributed by atoms with van der Waals surface area (Å²) in [5.74, 6) is 0. The zero-order valence-electron chi connectivity index (χ0n) is 10.6. The number of hydrogen-bond acceptors (Lipinski definition) is 4. The molecule has 0 atom stereocenters. The van der Waals surface area contributed by atoms with Gasteiger partial charge in [0.1, 0.15) is 0 Å². The molecule has 1 saturated heterocycles. The van der Waals surface area contributed by atoms with Crippen molar-refractivity contribution in [2.45, 2.75) is 19.3 Å². The second kappa shape index (κ2) is 8.93. The van der Waals surface area contributed by atoms with Crippen LogP contribution in [-0.4, -0.2) is 74.4 Å². The minimum Gasteiger partial charge on any atom is -0.396 e. The maximum atomic E-state index is 8.72. The van der Waals surface area contributed by atoms with E-state index in [1.165, 1.54) is 32.5 Å². The molecule has 0 aliphatic carbocycles. The van der Waals surface area contributed by atoms with Crippen LogP contribution in [0.25, 0.3) is 0 Å². The largest absolute Gasteiger partial charge is 0.396 e. The van der Waals surface area contributed by atoms with Gasteiger partial charge in [0.05, 0.1) is 0 Å². The van der Waals surface area contributed by atoms with Crippen molar-refractivity contribution in [2.75, 3.05) is 59.5 Å². The van der Waals surface area contributed by atoms with Gasteiger partial charge in [0.15, 0.2) is 0 Å². The van der Waals surface area contributed by atoms with Crippen LogP contribution in [0.1, 0.15) is 19.3 Å². The molecular weight excluding hydrogens is 202 g/mol. The first kappa shape index (κ1) is 13.9. The fourth-order valence-electron chi connectivity index (χ4n) is 2.10. The minimum absolute atomic E-state index is 0.311. The predicted molar refractivity (Wildman–Crippen MR) is 67.7 cm³/mol. The average Bonchev–Trinajstić information content (AvgIpc) is 2.33. The number of rotatable bonds is 8. The van der Waals surface area contributed by atoms with Crippen molar-refractivity contribution in [3.63, 3.8) is 0 Å². The number of nitrogens with one attached hydrogen (secondary N) is 1. The highest BCUT2D eigenvalue weighted by Crippen LogP contribution is 1.99. The van der Waals surface area contributed by atoms with Gasteiger partial charge in [0.2, 0.25) is 0 Å². The molecule has 4 nitrogen and oxygen atoms in total. The van der Waals surface area contributed by atoms with E-state index in [-0.39, 0.29) is 0 Å². The van der Waals surface area contributed by atoms with Crippen molar-refractivity contribution in [1.82, 2.24) is 15.1 Å². The first-order valence-electron chi connectivity index (χ1n) is 6.55. The Hall–Kier alpha value is -0.160. The van der Waals surface area contributed by atoms with Crippen LogP contribution in [0.4, 0.5) is 0 Å². The molecule has 0 saturated carbocycles. The summed E-state index contributed by atoms with van der Waals surface area (Å²) >= 11 is 0. The molecule has 1 fully saturated rings. The normalized spacial score (nSPS) is 18.2. The third kappa shape index (κ3) is 6.43. The molecule has 0 aromatic heterocycles. The quantitative estimate of drug-likeness (QED) is 0.574. The molecule has 0 amide bonds. The molecule has 0 spiro atoms. The van der Waals surface area contributed by atoms with Gasteiger partial charge in [0, 0.05) is 39.3 Å². The molecule has 4 heteroatoms. The van der Waals surface area contributed by atoms with Gasteiger partial charge >= 0.3 is 0 Å². The molecule has 1 heterocycles. The van der Waals surface area contributed by atoms with Gasteiger partial charge < -0.3 is 20.2 Å². The highest BCUT2D eigenvalue weighted by Gasteiger charge is 2.08. The summed E-state index contributed by atoms with van der Waals surface area (Å²) in [6.07, 6.45) is 3.46. The fraction of sp³-hybridized carbons (Fsp3) is 1.00. The van der Waals surface area contributed by atoms with E-state index in [4.69, 9.17) is 5.11 Å². The Kier molecular flexibility index (Phi) is 7.76. The van der Waals surface area contributed by atoms with Gasteiger partial charge in [-0.1, -0.05) is 0 Å². The standard InChI is InChI=1S/C12H27N3O/c1-14(8-4-12-16)7-2-3-9-15-10-5-13-6-11-15/h13,16H,2-12H2,1H3. The molecule has 0 aromatic rings. The van der Waals surface area contributed by atoms with Crippen molar-refractivity contribution < 1.29 is 5.11 Å². The molecule has 1 aliphatic heterocycles. The topological polar surface area (TPSA) is 38.7 Å². The number of nitrogens with zero attached hydrogens (tertiary/aromatic N) is 2. The highest BCUT2D eigenvalue weighted by atomic mass is 16.3. The zero-order chi connectivity index (χ0) is 11.6. The molecule has 0 unspecified atom stereocenters. The summed E-state index contributed by atoms with van der Waals surface area (Å²) in [7, 11) is 2.14. The molecule has 1 rings (SSSR count). The van der Waals surface area contributed by atoms with E-state index in [1.807, 2.05) is 0 Å². The maximum absolute atomic E-state index is 8.72. The smallest absolute Gasteiger partial charge is 0.0443 e. The second-order valence-corrected chi connectivity index (χ2v) is 4.68.